The van der Waals surface area contributed by atoms with Crippen molar-refractivity contribution in [3.63, 3.8) is 0 Å². The summed E-state index contributed by atoms with van der Waals surface area (Å²) in [6, 6.07) is 1.70. The standard InChI is InChI=1S/C12H20N2O3S/c1-8(2)10(4)18(15,16)14-11-6-9(3)12(17-5)13-7-11/h6-8,10,14H,1-5H3. The molecule has 1 atom stereocenters. The van der Waals surface area contributed by atoms with Gasteiger partial charge in [0.1, 0.15) is 0 Å². The maximum absolute atomic E-state index is 12.0. The van der Waals surface area contributed by atoms with Crippen LogP contribution in [0.1, 0.15) is 26.3 Å². The Kier molecular flexibility index (Phi) is 4.56. The molecule has 0 aliphatic heterocycles. The fraction of sp³-hybridized carbons (Fsp3) is 0.583. The number of nitrogens with one attached hydrogen (secondary N) is 1. The summed E-state index contributed by atoms with van der Waals surface area (Å²) in [7, 11) is -1.85. The van der Waals surface area contributed by atoms with Crippen LogP contribution in [0.15, 0.2) is 12.3 Å². The van der Waals surface area contributed by atoms with Gasteiger partial charge < -0.3 is 4.74 Å². The van der Waals surface area contributed by atoms with Crippen LogP contribution in [0.25, 0.3) is 0 Å². The van der Waals surface area contributed by atoms with Gasteiger partial charge in [0.15, 0.2) is 0 Å². The van der Waals surface area contributed by atoms with Gasteiger partial charge in [0.05, 0.1) is 24.2 Å². The molecule has 0 fully saturated rings. The molecule has 0 saturated carbocycles. The quantitative estimate of drug-likeness (QED) is 0.892. The number of pyridine rings is 1. The van der Waals surface area contributed by atoms with E-state index in [0.29, 0.717) is 11.6 Å². The Morgan fingerprint density at radius 3 is 2.39 bits per heavy atom. The van der Waals surface area contributed by atoms with Gasteiger partial charge in [-0.2, -0.15) is 0 Å². The Labute approximate surface area is 109 Å². The van der Waals surface area contributed by atoms with Crippen LogP contribution >= 0.6 is 0 Å². The van der Waals surface area contributed by atoms with Gasteiger partial charge in [-0.05, 0) is 25.8 Å². The number of hydrogen-bond acceptors (Lipinski definition) is 4. The number of methoxy groups -OCH3 is 1. The van der Waals surface area contributed by atoms with Crippen LogP contribution in [0.2, 0.25) is 0 Å². The average Bonchev–Trinajstić information content (AvgIpc) is 2.27. The molecule has 0 saturated heterocycles. The zero-order chi connectivity index (χ0) is 13.9. The lowest BCUT2D eigenvalue weighted by Gasteiger charge is -2.18. The number of hydrogen-bond donors (Lipinski definition) is 1. The van der Waals surface area contributed by atoms with Crippen LogP contribution in [-0.2, 0) is 10.0 Å². The van der Waals surface area contributed by atoms with Crippen LogP contribution in [0.4, 0.5) is 5.69 Å². The summed E-state index contributed by atoms with van der Waals surface area (Å²) in [5, 5.41) is -0.458. The van der Waals surface area contributed by atoms with E-state index in [4.69, 9.17) is 4.74 Å². The molecule has 1 heterocycles. The van der Waals surface area contributed by atoms with Gasteiger partial charge in [-0.1, -0.05) is 13.8 Å². The van der Waals surface area contributed by atoms with Crippen molar-refractivity contribution in [1.29, 1.82) is 0 Å². The van der Waals surface area contributed by atoms with Crippen molar-refractivity contribution in [3.8, 4) is 5.88 Å². The summed E-state index contributed by atoms with van der Waals surface area (Å²) in [5.74, 6) is 0.546. The van der Waals surface area contributed by atoms with E-state index in [1.165, 1.54) is 13.3 Å². The number of nitrogens with zero attached hydrogens (tertiary/aromatic N) is 1. The van der Waals surface area contributed by atoms with Crippen molar-refractivity contribution >= 4 is 15.7 Å². The zero-order valence-corrected chi connectivity index (χ0v) is 12.2. The zero-order valence-electron chi connectivity index (χ0n) is 11.4. The third-order valence-corrected chi connectivity index (χ3v) is 4.96. The molecule has 6 heteroatoms. The SMILES string of the molecule is COc1ncc(NS(=O)(=O)C(C)C(C)C)cc1C. The second-order valence-electron chi connectivity index (χ2n) is 4.65. The summed E-state index contributed by atoms with van der Waals surface area (Å²) >= 11 is 0. The molecule has 1 unspecified atom stereocenters. The average molecular weight is 272 g/mol. The van der Waals surface area contributed by atoms with Crippen molar-refractivity contribution < 1.29 is 13.2 Å². The van der Waals surface area contributed by atoms with Gasteiger partial charge >= 0.3 is 0 Å². The number of rotatable bonds is 5. The van der Waals surface area contributed by atoms with E-state index < -0.39 is 15.3 Å². The summed E-state index contributed by atoms with van der Waals surface area (Å²) in [6.45, 7) is 7.26. The summed E-state index contributed by atoms with van der Waals surface area (Å²) in [4.78, 5) is 4.04. The fourth-order valence-electron chi connectivity index (χ4n) is 1.45. The van der Waals surface area contributed by atoms with E-state index in [0.717, 1.165) is 5.56 Å². The van der Waals surface area contributed by atoms with Crippen molar-refractivity contribution in [2.75, 3.05) is 11.8 Å². The van der Waals surface area contributed by atoms with E-state index >= 15 is 0 Å². The maximum Gasteiger partial charge on any atom is 0.235 e. The molecule has 0 aliphatic rings. The molecule has 1 aromatic heterocycles. The lowest BCUT2D eigenvalue weighted by atomic mass is 10.2. The predicted octanol–water partition coefficient (Wildman–Crippen LogP) is 2.18. The molecule has 0 bridgehead atoms. The van der Waals surface area contributed by atoms with E-state index in [1.54, 1.807) is 13.0 Å². The predicted molar refractivity (Wildman–Crippen MR) is 72.4 cm³/mol. The van der Waals surface area contributed by atoms with Crippen LogP contribution < -0.4 is 9.46 Å². The number of ether oxygens (including phenoxy) is 1. The van der Waals surface area contributed by atoms with Crippen molar-refractivity contribution in [2.24, 2.45) is 5.92 Å². The van der Waals surface area contributed by atoms with Gasteiger partial charge in [-0.25, -0.2) is 13.4 Å². The molecular weight excluding hydrogens is 252 g/mol. The molecule has 5 nitrogen and oxygen atoms in total. The third-order valence-electron chi connectivity index (χ3n) is 2.91. The van der Waals surface area contributed by atoms with Gasteiger partial charge in [0.25, 0.3) is 0 Å². The van der Waals surface area contributed by atoms with Crippen molar-refractivity contribution in [3.05, 3.63) is 17.8 Å². The van der Waals surface area contributed by atoms with E-state index in [-0.39, 0.29) is 5.92 Å². The Morgan fingerprint density at radius 2 is 1.94 bits per heavy atom. The molecule has 102 valence electrons. The van der Waals surface area contributed by atoms with Gasteiger partial charge in [-0.3, -0.25) is 4.72 Å². The number of sulfonamides is 1. The fourth-order valence-corrected chi connectivity index (χ4v) is 2.79. The molecule has 18 heavy (non-hydrogen) atoms. The summed E-state index contributed by atoms with van der Waals surface area (Å²) < 4.78 is 31.6. The van der Waals surface area contributed by atoms with Crippen LogP contribution in [0.5, 0.6) is 5.88 Å². The maximum atomic E-state index is 12.0. The highest BCUT2D eigenvalue weighted by Gasteiger charge is 2.23. The minimum absolute atomic E-state index is 0.0507. The van der Waals surface area contributed by atoms with Gasteiger partial charge in [0, 0.05) is 5.56 Å². The molecule has 1 rings (SSSR count). The molecule has 1 aromatic rings. The summed E-state index contributed by atoms with van der Waals surface area (Å²) in [5.41, 5.74) is 1.25. The third kappa shape index (κ3) is 3.35. The molecule has 0 radical (unpaired) electrons. The lowest BCUT2D eigenvalue weighted by Crippen LogP contribution is -2.29. The monoisotopic (exact) mass is 272 g/mol. The second-order valence-corrected chi connectivity index (χ2v) is 6.68. The van der Waals surface area contributed by atoms with Crippen molar-refractivity contribution in [1.82, 2.24) is 4.98 Å². The van der Waals surface area contributed by atoms with Crippen LogP contribution in [0, 0.1) is 12.8 Å². The van der Waals surface area contributed by atoms with Crippen LogP contribution in [0.3, 0.4) is 0 Å². The Hall–Kier alpha value is -1.30. The number of aromatic nitrogens is 1. The highest BCUT2D eigenvalue weighted by Crippen LogP contribution is 2.21. The molecule has 0 spiro atoms. The molecule has 1 N–H and O–H groups in total. The lowest BCUT2D eigenvalue weighted by molar-refractivity contribution is 0.395. The first-order valence-electron chi connectivity index (χ1n) is 5.80. The largest absolute Gasteiger partial charge is 0.481 e. The van der Waals surface area contributed by atoms with Gasteiger partial charge in [0.2, 0.25) is 15.9 Å². The van der Waals surface area contributed by atoms with E-state index in [2.05, 4.69) is 9.71 Å². The molecular formula is C12H20N2O3S. The molecule has 0 amide bonds. The van der Waals surface area contributed by atoms with Gasteiger partial charge in [-0.15, -0.1) is 0 Å². The van der Waals surface area contributed by atoms with Crippen molar-refractivity contribution in [2.45, 2.75) is 32.9 Å². The minimum atomic E-state index is -3.38. The minimum Gasteiger partial charge on any atom is -0.481 e. The first kappa shape index (κ1) is 14.8. The Bertz CT molecular complexity index is 512. The first-order chi connectivity index (χ1) is 8.27. The smallest absolute Gasteiger partial charge is 0.235 e. The highest BCUT2D eigenvalue weighted by molar-refractivity contribution is 7.93. The number of aryl methyl sites for hydroxylation is 1. The van der Waals surface area contributed by atoms with E-state index in [9.17, 15) is 8.42 Å². The molecule has 0 aromatic carbocycles. The van der Waals surface area contributed by atoms with E-state index in [1.807, 2.05) is 20.8 Å². The second kappa shape index (κ2) is 5.56. The number of anilines is 1. The normalized spacial score (nSPS) is 13.4. The Morgan fingerprint density at radius 1 is 1.33 bits per heavy atom. The Balaban J connectivity index is 2.95. The highest BCUT2D eigenvalue weighted by atomic mass is 32.2. The first-order valence-corrected chi connectivity index (χ1v) is 7.35. The van der Waals surface area contributed by atoms with Crippen LogP contribution in [-0.4, -0.2) is 25.8 Å². The summed E-state index contributed by atoms with van der Waals surface area (Å²) in [6.07, 6.45) is 1.45. The molecule has 0 aliphatic carbocycles. The topological polar surface area (TPSA) is 68.3 Å².